The van der Waals surface area contributed by atoms with Gasteiger partial charge in [-0.1, -0.05) is 28.8 Å². The first-order chi connectivity index (χ1) is 18.9. The van der Waals surface area contributed by atoms with Gasteiger partial charge in [-0.2, -0.15) is 0 Å². The number of carbonyl (C=O) groups excluding carboxylic acids is 1. The summed E-state index contributed by atoms with van der Waals surface area (Å²) in [7, 11) is 0. The van der Waals surface area contributed by atoms with E-state index in [1.165, 1.54) is 11.8 Å². The number of amides is 1. The van der Waals surface area contributed by atoms with Crippen molar-refractivity contribution in [2.24, 2.45) is 5.92 Å². The quantitative estimate of drug-likeness (QED) is 0.210. The van der Waals surface area contributed by atoms with Gasteiger partial charge in [0.05, 0.1) is 11.9 Å². The first-order valence-corrected chi connectivity index (χ1v) is 12.9. The molecule has 1 aliphatic carbocycles. The Balaban J connectivity index is 1.12. The van der Waals surface area contributed by atoms with E-state index in [2.05, 4.69) is 25.8 Å². The van der Waals surface area contributed by atoms with Gasteiger partial charge < -0.3 is 24.9 Å². The fourth-order valence-corrected chi connectivity index (χ4v) is 4.72. The molecule has 0 bridgehead atoms. The van der Waals surface area contributed by atoms with Gasteiger partial charge in [0.15, 0.2) is 0 Å². The van der Waals surface area contributed by atoms with Crippen LogP contribution in [0.4, 0.5) is 17.4 Å². The molecule has 0 aliphatic heterocycles. The van der Waals surface area contributed by atoms with Crippen LogP contribution < -0.4 is 15.4 Å². The molecule has 2 aromatic carbocycles. The minimum atomic E-state index is -0.727. The Morgan fingerprint density at radius 3 is 2.33 bits per heavy atom. The van der Waals surface area contributed by atoms with Crippen LogP contribution in [0, 0.1) is 5.92 Å². The Kier molecular flexibility index (Phi) is 8.02. The molecule has 1 saturated carbocycles. The molecule has 0 unspecified atom stereocenters. The average Bonchev–Trinajstić information content (AvgIpc) is 3.40. The molecule has 200 valence electrons. The molecule has 1 amide bonds. The molecule has 0 spiro atoms. The number of hydrogen-bond donors (Lipinski definition) is 3. The number of halogens is 1. The second-order valence-electron chi connectivity index (χ2n) is 9.37. The van der Waals surface area contributed by atoms with Crippen LogP contribution >= 0.6 is 11.6 Å². The molecule has 1 fully saturated rings. The third-order valence-corrected chi connectivity index (χ3v) is 6.84. The third kappa shape index (κ3) is 7.11. The SMILES string of the molecule is O=C(O)CC1CCC(c2ccc(NC(=O)c3nnc(Nc4ccc(Oc5ccc(Cl)cc5)nc4)o3)cc2)CC1. The van der Waals surface area contributed by atoms with Crippen LogP contribution in [0.5, 0.6) is 11.6 Å². The summed E-state index contributed by atoms with van der Waals surface area (Å²) in [6.07, 6.45) is 5.55. The smallest absolute Gasteiger partial charge is 0.320 e. The summed E-state index contributed by atoms with van der Waals surface area (Å²) >= 11 is 5.88. The summed E-state index contributed by atoms with van der Waals surface area (Å²) < 4.78 is 11.1. The van der Waals surface area contributed by atoms with Crippen LogP contribution in [-0.2, 0) is 4.79 Å². The number of rotatable bonds is 9. The number of pyridine rings is 1. The van der Waals surface area contributed by atoms with Crippen molar-refractivity contribution >= 4 is 40.9 Å². The Morgan fingerprint density at radius 2 is 1.67 bits per heavy atom. The zero-order valence-electron chi connectivity index (χ0n) is 20.8. The Bertz CT molecular complexity index is 1420. The van der Waals surface area contributed by atoms with Gasteiger partial charge >= 0.3 is 23.8 Å². The summed E-state index contributed by atoms with van der Waals surface area (Å²) in [6.45, 7) is 0. The summed E-state index contributed by atoms with van der Waals surface area (Å²) in [4.78, 5) is 27.8. The van der Waals surface area contributed by atoms with Crippen LogP contribution in [0.2, 0.25) is 5.02 Å². The monoisotopic (exact) mass is 547 g/mol. The fraction of sp³-hybridized carbons (Fsp3) is 0.250. The molecule has 0 atom stereocenters. The number of nitrogens with zero attached hydrogens (tertiary/aromatic N) is 3. The molecule has 2 aromatic heterocycles. The van der Waals surface area contributed by atoms with Crippen LogP contribution in [0.3, 0.4) is 0 Å². The van der Waals surface area contributed by atoms with Gasteiger partial charge in [0.1, 0.15) is 5.75 Å². The third-order valence-electron chi connectivity index (χ3n) is 6.59. The van der Waals surface area contributed by atoms with Crippen molar-refractivity contribution in [3.8, 4) is 11.6 Å². The van der Waals surface area contributed by atoms with E-state index in [1.807, 2.05) is 24.3 Å². The number of ether oxygens (including phenoxy) is 1. The van der Waals surface area contributed by atoms with Gasteiger partial charge in [-0.3, -0.25) is 9.59 Å². The normalized spacial score (nSPS) is 16.8. The lowest BCUT2D eigenvalue weighted by atomic mass is 9.77. The highest BCUT2D eigenvalue weighted by atomic mass is 35.5. The van der Waals surface area contributed by atoms with Crippen molar-refractivity contribution in [2.75, 3.05) is 10.6 Å². The molecule has 5 rings (SSSR count). The number of aliphatic carboxylic acids is 1. The van der Waals surface area contributed by atoms with Crippen LogP contribution in [0.25, 0.3) is 0 Å². The van der Waals surface area contributed by atoms with E-state index in [9.17, 15) is 9.59 Å². The van der Waals surface area contributed by atoms with Gasteiger partial charge in [0.2, 0.25) is 5.88 Å². The van der Waals surface area contributed by atoms with E-state index < -0.39 is 11.9 Å². The number of aromatic nitrogens is 3. The van der Waals surface area contributed by atoms with Gasteiger partial charge in [0.25, 0.3) is 0 Å². The predicted molar refractivity (Wildman–Crippen MR) is 145 cm³/mol. The van der Waals surface area contributed by atoms with E-state index in [0.717, 1.165) is 25.7 Å². The lowest BCUT2D eigenvalue weighted by molar-refractivity contribution is -0.138. The highest BCUT2D eigenvalue weighted by Gasteiger charge is 2.24. The maximum Gasteiger partial charge on any atom is 0.320 e. The number of nitrogens with one attached hydrogen (secondary N) is 2. The van der Waals surface area contributed by atoms with E-state index >= 15 is 0 Å². The Labute approximate surface area is 229 Å². The topological polar surface area (TPSA) is 139 Å². The maximum absolute atomic E-state index is 12.6. The number of benzene rings is 2. The molecule has 4 aromatic rings. The van der Waals surface area contributed by atoms with Crippen molar-refractivity contribution < 1.29 is 23.8 Å². The molecular weight excluding hydrogens is 522 g/mol. The second kappa shape index (κ2) is 12.0. The maximum atomic E-state index is 12.6. The zero-order valence-corrected chi connectivity index (χ0v) is 21.6. The number of hydrogen-bond acceptors (Lipinski definition) is 8. The number of anilines is 3. The predicted octanol–water partition coefficient (Wildman–Crippen LogP) is 6.65. The average molecular weight is 548 g/mol. The molecular formula is C28H26ClN5O5. The Hall–Kier alpha value is -4.44. The first-order valence-electron chi connectivity index (χ1n) is 12.5. The van der Waals surface area contributed by atoms with Crippen LogP contribution in [0.1, 0.15) is 54.3 Å². The largest absolute Gasteiger partial charge is 0.481 e. The van der Waals surface area contributed by atoms with Crippen molar-refractivity contribution in [3.05, 3.63) is 83.3 Å². The standard InChI is InChI=1S/C28H26ClN5O5/c29-20-7-12-23(13-8-20)38-24-14-11-22(16-30-24)32-28-34-33-27(39-28)26(37)31-21-9-5-19(6-10-21)18-3-1-17(2-4-18)15-25(35)36/h5-14,16-18H,1-4,15H2,(H,31,37)(H,32,34)(H,35,36). The van der Waals surface area contributed by atoms with Gasteiger partial charge in [-0.05, 0) is 85.5 Å². The molecule has 11 heteroatoms. The van der Waals surface area contributed by atoms with Crippen LogP contribution in [0.15, 0.2) is 71.3 Å². The molecule has 0 radical (unpaired) electrons. The number of carboxylic acid groups (broad SMARTS) is 1. The van der Waals surface area contributed by atoms with E-state index in [1.54, 1.807) is 36.4 Å². The number of carboxylic acids is 1. The van der Waals surface area contributed by atoms with Crippen molar-refractivity contribution in [1.29, 1.82) is 0 Å². The van der Waals surface area contributed by atoms with Gasteiger partial charge in [0, 0.05) is 23.2 Å². The molecule has 39 heavy (non-hydrogen) atoms. The molecule has 1 aliphatic rings. The minimum absolute atomic E-state index is 0.0437. The van der Waals surface area contributed by atoms with Gasteiger partial charge in [-0.25, -0.2) is 4.98 Å². The van der Waals surface area contributed by atoms with Crippen LogP contribution in [-0.4, -0.2) is 32.2 Å². The fourth-order valence-electron chi connectivity index (χ4n) is 4.60. The summed E-state index contributed by atoms with van der Waals surface area (Å²) in [5.41, 5.74) is 2.36. The van der Waals surface area contributed by atoms with E-state index in [4.69, 9.17) is 25.9 Å². The first kappa shape index (κ1) is 26.2. The highest BCUT2D eigenvalue weighted by Crippen LogP contribution is 2.37. The Morgan fingerprint density at radius 1 is 0.949 bits per heavy atom. The minimum Gasteiger partial charge on any atom is -0.481 e. The van der Waals surface area contributed by atoms with Crippen molar-refractivity contribution in [1.82, 2.24) is 15.2 Å². The summed E-state index contributed by atoms with van der Waals surface area (Å²) in [6, 6.07) is 18.0. The lowest BCUT2D eigenvalue weighted by Gasteiger charge is -2.28. The zero-order chi connectivity index (χ0) is 27.2. The molecule has 0 saturated heterocycles. The molecule has 3 N–H and O–H groups in total. The molecule has 10 nitrogen and oxygen atoms in total. The second-order valence-corrected chi connectivity index (χ2v) is 9.81. The van der Waals surface area contributed by atoms with E-state index in [0.29, 0.717) is 33.9 Å². The summed E-state index contributed by atoms with van der Waals surface area (Å²) in [5, 5.41) is 23.0. The number of carbonyl (C=O) groups is 2. The summed E-state index contributed by atoms with van der Waals surface area (Å²) in [5.74, 6) is 0.221. The van der Waals surface area contributed by atoms with Crippen molar-refractivity contribution in [2.45, 2.75) is 38.0 Å². The van der Waals surface area contributed by atoms with E-state index in [-0.39, 0.29) is 24.2 Å². The van der Waals surface area contributed by atoms with Crippen molar-refractivity contribution in [3.63, 3.8) is 0 Å². The van der Waals surface area contributed by atoms with Gasteiger partial charge in [-0.15, -0.1) is 5.10 Å². The lowest BCUT2D eigenvalue weighted by Crippen LogP contribution is -2.16. The highest BCUT2D eigenvalue weighted by molar-refractivity contribution is 6.30. The molecule has 2 heterocycles.